The molecule has 1 spiro atoms. The molecule has 2 N–H and O–H groups in total. The summed E-state index contributed by atoms with van der Waals surface area (Å²) in [7, 11) is 0. The van der Waals surface area contributed by atoms with Gasteiger partial charge in [-0.3, -0.25) is 4.79 Å². The van der Waals surface area contributed by atoms with Crippen molar-refractivity contribution in [3.8, 4) is 0 Å². The fourth-order valence-electron chi connectivity index (χ4n) is 3.81. The number of aliphatic hydroxyl groups is 1. The summed E-state index contributed by atoms with van der Waals surface area (Å²) in [5.41, 5.74) is -0.0706. The molecule has 3 rings (SSSR count). The number of nitrogens with zero attached hydrogens (tertiary/aromatic N) is 2. The Balaban J connectivity index is 1.70. The molecule has 0 bridgehead atoms. The number of H-pyrrole nitrogens is 1. The van der Waals surface area contributed by atoms with Crippen LogP contribution in [0.5, 0.6) is 0 Å². The number of piperidine rings is 1. The molecule has 0 saturated carbocycles. The third-order valence-electron chi connectivity index (χ3n) is 5.16. The summed E-state index contributed by atoms with van der Waals surface area (Å²) in [5, 5.41) is 10.3. The number of likely N-dealkylation sites (tertiary alicyclic amines) is 1. The summed E-state index contributed by atoms with van der Waals surface area (Å²) in [4.78, 5) is 32.8. The first-order valence-electron chi connectivity index (χ1n) is 9.11. The molecule has 7 nitrogen and oxygen atoms in total. The molecular formula is C18H27N3O4. The highest BCUT2D eigenvalue weighted by Crippen LogP contribution is 2.35. The zero-order chi connectivity index (χ0) is 18.0. The maximum Gasteiger partial charge on any atom is 0.345 e. The van der Waals surface area contributed by atoms with E-state index in [-0.39, 0.29) is 11.6 Å². The van der Waals surface area contributed by atoms with Crippen LogP contribution in [0.3, 0.4) is 0 Å². The van der Waals surface area contributed by atoms with E-state index in [1.807, 2.05) is 0 Å². The summed E-state index contributed by atoms with van der Waals surface area (Å²) in [6.07, 6.45) is 3.09. The maximum absolute atomic E-state index is 12.8. The van der Waals surface area contributed by atoms with Gasteiger partial charge in [-0.25, -0.2) is 4.79 Å². The van der Waals surface area contributed by atoms with Crippen LogP contribution in [0.4, 0.5) is 0 Å². The van der Waals surface area contributed by atoms with Gasteiger partial charge in [-0.1, -0.05) is 13.8 Å². The average molecular weight is 349 g/mol. The summed E-state index contributed by atoms with van der Waals surface area (Å²) < 4.78 is 5.88. The second-order valence-corrected chi connectivity index (χ2v) is 7.56. The van der Waals surface area contributed by atoms with E-state index in [1.165, 1.54) is 0 Å². The number of amides is 1. The highest BCUT2D eigenvalue weighted by atomic mass is 16.5. The van der Waals surface area contributed by atoms with Crippen molar-refractivity contribution in [2.24, 2.45) is 5.92 Å². The van der Waals surface area contributed by atoms with Gasteiger partial charge in [0.25, 0.3) is 5.91 Å². The zero-order valence-corrected chi connectivity index (χ0v) is 15.0. The van der Waals surface area contributed by atoms with Crippen LogP contribution in [0.15, 0.2) is 10.9 Å². The predicted octanol–water partition coefficient (Wildman–Crippen LogP) is 1.11. The van der Waals surface area contributed by atoms with Crippen molar-refractivity contribution in [1.29, 1.82) is 0 Å². The number of rotatable bonds is 3. The van der Waals surface area contributed by atoms with Crippen molar-refractivity contribution in [3.63, 3.8) is 0 Å². The minimum Gasteiger partial charge on any atom is -0.390 e. The monoisotopic (exact) mass is 349 g/mol. The van der Waals surface area contributed by atoms with Crippen LogP contribution in [0.1, 0.15) is 55.7 Å². The van der Waals surface area contributed by atoms with Crippen LogP contribution in [0, 0.1) is 5.92 Å². The first kappa shape index (κ1) is 18.1. The molecule has 1 aromatic rings. The van der Waals surface area contributed by atoms with Crippen molar-refractivity contribution in [3.05, 3.63) is 27.9 Å². The van der Waals surface area contributed by atoms with Gasteiger partial charge in [-0.15, -0.1) is 0 Å². The Morgan fingerprint density at radius 2 is 2.20 bits per heavy atom. The molecule has 2 aliphatic heterocycles. The SMILES string of the molecule is CC(C)Cc1cc(C(=O)N2CCC3(CC2)OCCC[C@H]3O)nc(=O)[nH]1. The second kappa shape index (κ2) is 7.25. The molecule has 2 aliphatic rings. The van der Waals surface area contributed by atoms with Gasteiger partial charge < -0.3 is 19.7 Å². The van der Waals surface area contributed by atoms with Gasteiger partial charge in [0.2, 0.25) is 0 Å². The van der Waals surface area contributed by atoms with Crippen LogP contribution in [-0.4, -0.2) is 57.3 Å². The van der Waals surface area contributed by atoms with Gasteiger partial charge in [0.05, 0.1) is 11.7 Å². The summed E-state index contributed by atoms with van der Waals surface area (Å²) in [5.74, 6) is 0.150. The Morgan fingerprint density at radius 1 is 1.48 bits per heavy atom. The summed E-state index contributed by atoms with van der Waals surface area (Å²) in [6.45, 7) is 5.78. The van der Waals surface area contributed by atoms with E-state index in [0.29, 0.717) is 44.9 Å². The standard InChI is InChI=1S/C18H27N3O4/c1-12(2)10-13-11-14(20-17(24)19-13)16(23)21-7-5-18(6-8-21)15(22)4-3-9-25-18/h11-12,15,22H,3-10H2,1-2H3,(H,19,20,24)/t15-/m1/s1. The molecule has 2 fully saturated rings. The number of hydrogen-bond acceptors (Lipinski definition) is 5. The number of ether oxygens (including phenoxy) is 1. The van der Waals surface area contributed by atoms with Crippen LogP contribution >= 0.6 is 0 Å². The van der Waals surface area contributed by atoms with Crippen molar-refractivity contribution < 1.29 is 14.6 Å². The van der Waals surface area contributed by atoms with E-state index in [4.69, 9.17) is 4.74 Å². The van der Waals surface area contributed by atoms with E-state index < -0.39 is 17.4 Å². The van der Waals surface area contributed by atoms with Crippen LogP contribution < -0.4 is 5.69 Å². The van der Waals surface area contributed by atoms with E-state index in [1.54, 1.807) is 11.0 Å². The molecule has 1 aromatic heterocycles. The van der Waals surface area contributed by atoms with Gasteiger partial charge in [-0.05, 0) is 44.1 Å². The lowest BCUT2D eigenvalue weighted by molar-refractivity contribution is -0.174. The number of carbonyl (C=O) groups excluding carboxylic acids is 1. The van der Waals surface area contributed by atoms with E-state index >= 15 is 0 Å². The van der Waals surface area contributed by atoms with E-state index in [2.05, 4.69) is 23.8 Å². The normalized spacial score (nSPS) is 23.2. The number of aromatic amines is 1. The molecule has 138 valence electrons. The summed E-state index contributed by atoms with van der Waals surface area (Å²) >= 11 is 0. The second-order valence-electron chi connectivity index (χ2n) is 7.56. The minimum absolute atomic E-state index is 0.195. The molecule has 1 amide bonds. The van der Waals surface area contributed by atoms with Crippen LogP contribution in [-0.2, 0) is 11.2 Å². The molecule has 2 saturated heterocycles. The Hall–Kier alpha value is -1.73. The number of hydrogen-bond donors (Lipinski definition) is 2. The largest absolute Gasteiger partial charge is 0.390 e. The fraction of sp³-hybridized carbons (Fsp3) is 0.722. The Morgan fingerprint density at radius 3 is 2.84 bits per heavy atom. The zero-order valence-electron chi connectivity index (χ0n) is 15.0. The third-order valence-corrected chi connectivity index (χ3v) is 5.16. The predicted molar refractivity (Wildman–Crippen MR) is 92.5 cm³/mol. The number of aliphatic hydroxyl groups excluding tert-OH is 1. The number of nitrogens with one attached hydrogen (secondary N) is 1. The molecule has 1 atom stereocenters. The van der Waals surface area contributed by atoms with E-state index in [9.17, 15) is 14.7 Å². The Labute approximate surface area is 147 Å². The average Bonchev–Trinajstić information content (AvgIpc) is 2.56. The molecule has 0 unspecified atom stereocenters. The molecule has 25 heavy (non-hydrogen) atoms. The molecule has 0 radical (unpaired) electrons. The van der Waals surface area contributed by atoms with E-state index in [0.717, 1.165) is 18.5 Å². The molecule has 0 aromatic carbocycles. The Kier molecular flexibility index (Phi) is 5.24. The van der Waals surface area contributed by atoms with Crippen molar-refractivity contribution in [2.75, 3.05) is 19.7 Å². The quantitative estimate of drug-likeness (QED) is 0.852. The fourth-order valence-corrected chi connectivity index (χ4v) is 3.81. The first-order chi connectivity index (χ1) is 11.9. The van der Waals surface area contributed by atoms with Crippen molar-refractivity contribution in [2.45, 2.75) is 57.7 Å². The molecule has 7 heteroatoms. The van der Waals surface area contributed by atoms with Crippen molar-refractivity contribution in [1.82, 2.24) is 14.9 Å². The lowest BCUT2D eigenvalue weighted by Crippen LogP contribution is -2.56. The maximum atomic E-state index is 12.8. The lowest BCUT2D eigenvalue weighted by atomic mass is 9.82. The van der Waals surface area contributed by atoms with Gasteiger partial charge in [0, 0.05) is 25.4 Å². The van der Waals surface area contributed by atoms with Crippen molar-refractivity contribution >= 4 is 5.91 Å². The highest BCUT2D eigenvalue weighted by molar-refractivity contribution is 5.92. The van der Waals surface area contributed by atoms with Crippen LogP contribution in [0.25, 0.3) is 0 Å². The smallest absolute Gasteiger partial charge is 0.345 e. The summed E-state index contributed by atoms with van der Waals surface area (Å²) in [6, 6.07) is 1.68. The van der Waals surface area contributed by atoms with Gasteiger partial charge >= 0.3 is 5.69 Å². The topological polar surface area (TPSA) is 95.5 Å². The minimum atomic E-state index is -0.514. The molecular weight excluding hydrogens is 322 g/mol. The highest BCUT2D eigenvalue weighted by Gasteiger charge is 2.44. The number of carbonyl (C=O) groups is 1. The first-order valence-corrected chi connectivity index (χ1v) is 9.11. The molecule has 3 heterocycles. The van der Waals surface area contributed by atoms with Gasteiger partial charge in [0.1, 0.15) is 5.69 Å². The van der Waals surface area contributed by atoms with Crippen LogP contribution in [0.2, 0.25) is 0 Å². The lowest BCUT2D eigenvalue weighted by Gasteiger charge is -2.46. The van der Waals surface area contributed by atoms with Gasteiger partial charge in [0.15, 0.2) is 0 Å². The number of aromatic nitrogens is 2. The van der Waals surface area contributed by atoms with Gasteiger partial charge in [-0.2, -0.15) is 4.98 Å². The molecule has 0 aliphatic carbocycles. The third kappa shape index (κ3) is 3.93. The Bertz CT molecular complexity index is 677.